The van der Waals surface area contributed by atoms with Crippen LogP contribution >= 0.6 is 0 Å². The van der Waals surface area contributed by atoms with Gasteiger partial charge in [-0.25, -0.2) is 0 Å². The molecule has 21 heavy (non-hydrogen) atoms. The molecule has 0 heterocycles. The summed E-state index contributed by atoms with van der Waals surface area (Å²) in [5.74, 6) is 1.67. The molecule has 0 saturated heterocycles. The van der Waals surface area contributed by atoms with Crippen molar-refractivity contribution >= 4 is 5.78 Å². The predicted molar refractivity (Wildman–Crippen MR) is 82.1 cm³/mol. The van der Waals surface area contributed by atoms with Crippen LogP contribution in [0, 0.1) is 0 Å². The van der Waals surface area contributed by atoms with E-state index >= 15 is 0 Å². The third kappa shape index (κ3) is 4.93. The highest BCUT2D eigenvalue weighted by Gasteiger charge is 2.03. The fraction of sp³-hybridized carbons (Fsp3) is 0.235. The summed E-state index contributed by atoms with van der Waals surface area (Å²) < 4.78 is 10.6. The van der Waals surface area contributed by atoms with Gasteiger partial charge in [-0.3, -0.25) is 4.79 Å². The van der Waals surface area contributed by atoms with Crippen molar-refractivity contribution in [1.82, 2.24) is 5.32 Å². The molecule has 0 amide bonds. The number of hydrogen-bond acceptors (Lipinski definition) is 4. The number of nitrogens with one attached hydrogen (secondary N) is 1. The monoisotopic (exact) mass is 285 g/mol. The molecule has 4 nitrogen and oxygen atoms in total. The van der Waals surface area contributed by atoms with E-state index in [1.54, 1.807) is 7.11 Å². The van der Waals surface area contributed by atoms with Crippen LogP contribution in [-0.4, -0.2) is 32.6 Å². The second-order valence-corrected chi connectivity index (χ2v) is 4.49. The quantitative estimate of drug-likeness (QED) is 0.598. The Balaban J connectivity index is 1.64. The maximum Gasteiger partial charge on any atom is 0.176 e. The average molecular weight is 285 g/mol. The number of ether oxygens (including phenoxy) is 2. The van der Waals surface area contributed by atoms with Crippen molar-refractivity contribution in [3.8, 4) is 11.5 Å². The molecule has 2 aromatic carbocycles. The Bertz CT molecular complexity index is 552. The Morgan fingerprint density at radius 3 is 2.33 bits per heavy atom. The van der Waals surface area contributed by atoms with E-state index in [9.17, 15) is 4.79 Å². The van der Waals surface area contributed by atoms with Gasteiger partial charge in [-0.15, -0.1) is 0 Å². The molecule has 4 heteroatoms. The number of benzene rings is 2. The molecule has 110 valence electrons. The number of ketones is 1. The van der Waals surface area contributed by atoms with Gasteiger partial charge in [0.25, 0.3) is 0 Å². The van der Waals surface area contributed by atoms with Crippen LogP contribution in [-0.2, 0) is 0 Å². The molecule has 0 aliphatic heterocycles. The number of methoxy groups -OCH3 is 1. The predicted octanol–water partition coefficient (Wildman–Crippen LogP) is 2.55. The first-order valence-electron chi connectivity index (χ1n) is 6.85. The van der Waals surface area contributed by atoms with E-state index in [-0.39, 0.29) is 5.78 Å². The van der Waals surface area contributed by atoms with Crippen molar-refractivity contribution in [2.24, 2.45) is 0 Å². The molecule has 0 spiro atoms. The van der Waals surface area contributed by atoms with Gasteiger partial charge in [0, 0.05) is 12.1 Å². The van der Waals surface area contributed by atoms with Crippen LogP contribution in [0.15, 0.2) is 54.6 Å². The van der Waals surface area contributed by atoms with E-state index in [0.717, 1.165) is 17.1 Å². The summed E-state index contributed by atoms with van der Waals surface area (Å²) in [6, 6.07) is 16.7. The van der Waals surface area contributed by atoms with E-state index in [1.807, 2.05) is 54.6 Å². The molecule has 0 radical (unpaired) electrons. The molecule has 0 unspecified atom stereocenters. The summed E-state index contributed by atoms with van der Waals surface area (Å²) in [5, 5.41) is 3.08. The van der Waals surface area contributed by atoms with E-state index < -0.39 is 0 Å². The van der Waals surface area contributed by atoms with Crippen LogP contribution in [0.4, 0.5) is 0 Å². The Morgan fingerprint density at radius 2 is 1.67 bits per heavy atom. The lowest BCUT2D eigenvalue weighted by Crippen LogP contribution is -2.27. The number of hydrogen-bond donors (Lipinski definition) is 1. The molecule has 1 N–H and O–H groups in total. The van der Waals surface area contributed by atoms with E-state index in [4.69, 9.17) is 9.47 Å². The SMILES string of the molecule is COc1ccc(OCCNCC(=O)c2ccccc2)cc1. The van der Waals surface area contributed by atoms with Crippen LogP contribution in [0.1, 0.15) is 10.4 Å². The highest BCUT2D eigenvalue weighted by atomic mass is 16.5. The number of rotatable bonds is 8. The highest BCUT2D eigenvalue weighted by Crippen LogP contribution is 2.16. The van der Waals surface area contributed by atoms with Crippen LogP contribution in [0.5, 0.6) is 11.5 Å². The van der Waals surface area contributed by atoms with E-state index in [2.05, 4.69) is 5.32 Å². The molecule has 0 aliphatic carbocycles. The molecule has 2 aromatic rings. The van der Waals surface area contributed by atoms with Gasteiger partial charge in [-0.2, -0.15) is 0 Å². The minimum absolute atomic E-state index is 0.0834. The van der Waals surface area contributed by atoms with Gasteiger partial charge < -0.3 is 14.8 Å². The van der Waals surface area contributed by atoms with Crippen LogP contribution in [0.3, 0.4) is 0 Å². The molecule has 2 rings (SSSR count). The standard InChI is InChI=1S/C17H19NO3/c1-20-15-7-9-16(10-8-15)21-12-11-18-13-17(19)14-5-3-2-4-6-14/h2-10,18H,11-13H2,1H3. The first kappa shape index (κ1) is 15.1. The fourth-order valence-corrected chi connectivity index (χ4v) is 1.84. The topological polar surface area (TPSA) is 47.6 Å². The molecule has 0 atom stereocenters. The third-order valence-electron chi connectivity index (χ3n) is 2.99. The fourth-order valence-electron chi connectivity index (χ4n) is 1.84. The molecule has 0 saturated carbocycles. The zero-order chi connectivity index (χ0) is 14.9. The van der Waals surface area contributed by atoms with Crippen molar-refractivity contribution in [3.63, 3.8) is 0 Å². The van der Waals surface area contributed by atoms with Gasteiger partial charge in [-0.05, 0) is 24.3 Å². The maximum atomic E-state index is 11.8. The molecule has 0 bridgehead atoms. The second-order valence-electron chi connectivity index (χ2n) is 4.49. The van der Waals surface area contributed by atoms with E-state index in [0.29, 0.717) is 19.7 Å². The Morgan fingerprint density at radius 1 is 1.00 bits per heavy atom. The van der Waals surface area contributed by atoms with Gasteiger partial charge in [0.15, 0.2) is 5.78 Å². The van der Waals surface area contributed by atoms with Gasteiger partial charge in [0.1, 0.15) is 18.1 Å². The first-order chi connectivity index (χ1) is 10.3. The highest BCUT2D eigenvalue weighted by molar-refractivity contribution is 5.97. The molecule has 0 fully saturated rings. The lowest BCUT2D eigenvalue weighted by Gasteiger charge is -2.08. The average Bonchev–Trinajstić information content (AvgIpc) is 2.55. The van der Waals surface area contributed by atoms with Crippen LogP contribution < -0.4 is 14.8 Å². The zero-order valence-corrected chi connectivity index (χ0v) is 12.0. The summed E-state index contributed by atoms with van der Waals surface area (Å²) in [7, 11) is 1.63. The van der Waals surface area contributed by atoms with Crippen molar-refractivity contribution in [2.75, 3.05) is 26.8 Å². The maximum absolute atomic E-state index is 11.8. The van der Waals surface area contributed by atoms with Crippen LogP contribution in [0.2, 0.25) is 0 Å². The van der Waals surface area contributed by atoms with Gasteiger partial charge in [0.2, 0.25) is 0 Å². The van der Waals surface area contributed by atoms with Crippen molar-refractivity contribution < 1.29 is 14.3 Å². The third-order valence-corrected chi connectivity index (χ3v) is 2.99. The largest absolute Gasteiger partial charge is 0.497 e. The van der Waals surface area contributed by atoms with Gasteiger partial charge >= 0.3 is 0 Å². The minimum Gasteiger partial charge on any atom is -0.497 e. The van der Waals surface area contributed by atoms with Crippen LogP contribution in [0.25, 0.3) is 0 Å². The molecule has 0 aliphatic rings. The Kier molecular flexibility index (Phi) is 5.79. The minimum atomic E-state index is 0.0834. The van der Waals surface area contributed by atoms with Crippen molar-refractivity contribution in [1.29, 1.82) is 0 Å². The summed E-state index contributed by atoms with van der Waals surface area (Å²) in [4.78, 5) is 11.8. The van der Waals surface area contributed by atoms with E-state index in [1.165, 1.54) is 0 Å². The second kappa shape index (κ2) is 8.07. The normalized spacial score (nSPS) is 10.1. The zero-order valence-electron chi connectivity index (χ0n) is 12.0. The molecule has 0 aromatic heterocycles. The molecular formula is C17H19NO3. The van der Waals surface area contributed by atoms with Gasteiger partial charge in [-0.1, -0.05) is 30.3 Å². The number of carbonyl (C=O) groups is 1. The Labute approximate surface area is 124 Å². The summed E-state index contributed by atoms with van der Waals surface area (Å²) in [6.45, 7) is 1.44. The Hall–Kier alpha value is -2.33. The lowest BCUT2D eigenvalue weighted by molar-refractivity contribution is 0.0990. The summed E-state index contributed by atoms with van der Waals surface area (Å²) in [5.41, 5.74) is 0.723. The van der Waals surface area contributed by atoms with Crippen molar-refractivity contribution in [2.45, 2.75) is 0 Å². The number of carbonyl (C=O) groups excluding carboxylic acids is 1. The lowest BCUT2D eigenvalue weighted by atomic mass is 10.1. The van der Waals surface area contributed by atoms with Gasteiger partial charge in [0.05, 0.1) is 13.7 Å². The smallest absolute Gasteiger partial charge is 0.176 e. The summed E-state index contributed by atoms with van der Waals surface area (Å²) >= 11 is 0. The number of Topliss-reactive ketones (excluding diaryl/α,β-unsaturated/α-hetero) is 1. The summed E-state index contributed by atoms with van der Waals surface area (Å²) in [6.07, 6.45) is 0. The first-order valence-corrected chi connectivity index (χ1v) is 6.85. The van der Waals surface area contributed by atoms with Crippen molar-refractivity contribution in [3.05, 3.63) is 60.2 Å². The molecular weight excluding hydrogens is 266 g/mol.